The first-order chi connectivity index (χ1) is 13.5. The van der Waals surface area contributed by atoms with Gasteiger partial charge in [-0.2, -0.15) is 5.26 Å². The fourth-order valence-corrected chi connectivity index (χ4v) is 3.08. The van der Waals surface area contributed by atoms with Crippen LogP contribution in [0.1, 0.15) is 21.5 Å². The first-order valence-electron chi connectivity index (χ1n) is 8.71. The Morgan fingerprint density at radius 3 is 2.43 bits per heavy atom. The normalized spacial score (nSPS) is 10.2. The monoisotopic (exact) mass is 374 g/mol. The molecule has 0 bridgehead atoms. The van der Waals surface area contributed by atoms with E-state index in [1.807, 2.05) is 24.3 Å². The highest BCUT2D eigenvalue weighted by molar-refractivity contribution is 6.01. The minimum absolute atomic E-state index is 0.163. The second-order valence-electron chi connectivity index (χ2n) is 6.33. The Bertz CT molecular complexity index is 1060. The van der Waals surface area contributed by atoms with Crippen LogP contribution in [0.5, 0.6) is 5.75 Å². The van der Waals surface area contributed by atoms with Crippen molar-refractivity contribution in [2.24, 2.45) is 0 Å². The lowest BCUT2D eigenvalue weighted by Crippen LogP contribution is -2.26. The van der Waals surface area contributed by atoms with Crippen molar-refractivity contribution in [1.29, 1.82) is 5.26 Å². The van der Waals surface area contributed by atoms with Gasteiger partial charge in [-0.25, -0.2) is 4.39 Å². The van der Waals surface area contributed by atoms with Crippen LogP contribution in [0.2, 0.25) is 0 Å². The molecule has 0 aliphatic rings. The van der Waals surface area contributed by atoms with Crippen molar-refractivity contribution >= 4 is 5.91 Å². The van der Waals surface area contributed by atoms with Crippen molar-refractivity contribution in [1.82, 2.24) is 4.90 Å². The Labute approximate surface area is 163 Å². The molecule has 0 heterocycles. The van der Waals surface area contributed by atoms with Crippen molar-refractivity contribution in [2.75, 3.05) is 14.2 Å². The molecule has 28 heavy (non-hydrogen) atoms. The van der Waals surface area contributed by atoms with E-state index in [1.165, 1.54) is 18.1 Å². The van der Waals surface area contributed by atoms with Gasteiger partial charge in [0.1, 0.15) is 0 Å². The van der Waals surface area contributed by atoms with E-state index in [0.29, 0.717) is 27.8 Å². The molecule has 3 rings (SSSR count). The summed E-state index contributed by atoms with van der Waals surface area (Å²) in [6.07, 6.45) is 0. The number of nitrogens with zero attached hydrogens (tertiary/aromatic N) is 2. The van der Waals surface area contributed by atoms with Gasteiger partial charge in [-0.3, -0.25) is 4.79 Å². The van der Waals surface area contributed by atoms with Crippen molar-refractivity contribution in [3.05, 3.63) is 89.2 Å². The first kappa shape index (κ1) is 19.1. The third-order valence-corrected chi connectivity index (χ3v) is 4.48. The van der Waals surface area contributed by atoms with E-state index < -0.39 is 5.82 Å². The van der Waals surface area contributed by atoms with Crippen LogP contribution in [-0.4, -0.2) is 25.0 Å². The van der Waals surface area contributed by atoms with Crippen molar-refractivity contribution in [3.8, 4) is 22.9 Å². The number of hydrogen-bond acceptors (Lipinski definition) is 3. The van der Waals surface area contributed by atoms with Crippen LogP contribution in [-0.2, 0) is 6.54 Å². The molecule has 0 spiro atoms. The van der Waals surface area contributed by atoms with Crippen LogP contribution in [0.25, 0.3) is 11.1 Å². The van der Waals surface area contributed by atoms with E-state index in [-0.39, 0.29) is 18.2 Å². The van der Waals surface area contributed by atoms with Gasteiger partial charge in [0.05, 0.1) is 18.7 Å². The minimum atomic E-state index is -0.468. The summed E-state index contributed by atoms with van der Waals surface area (Å²) in [6, 6.07) is 21.1. The highest BCUT2D eigenvalue weighted by Crippen LogP contribution is 2.28. The van der Waals surface area contributed by atoms with Crippen molar-refractivity contribution in [2.45, 2.75) is 6.54 Å². The molecule has 1 amide bonds. The van der Waals surface area contributed by atoms with Crippen molar-refractivity contribution in [3.63, 3.8) is 0 Å². The highest BCUT2D eigenvalue weighted by Gasteiger charge is 2.18. The van der Waals surface area contributed by atoms with Gasteiger partial charge >= 0.3 is 0 Å². The van der Waals surface area contributed by atoms with Gasteiger partial charge in [0, 0.05) is 24.7 Å². The largest absolute Gasteiger partial charge is 0.494 e. The molecular weight excluding hydrogens is 355 g/mol. The Morgan fingerprint density at radius 1 is 1.07 bits per heavy atom. The molecule has 0 aliphatic heterocycles. The van der Waals surface area contributed by atoms with Crippen LogP contribution < -0.4 is 4.74 Å². The predicted octanol–water partition coefficient (Wildman–Crippen LogP) is 4.65. The molecular formula is C23H19FN2O2. The number of hydrogen-bond donors (Lipinski definition) is 0. The predicted molar refractivity (Wildman–Crippen MR) is 105 cm³/mol. The molecule has 0 radical (unpaired) electrons. The molecule has 0 N–H and O–H groups in total. The molecule has 0 saturated carbocycles. The number of carbonyl (C=O) groups is 1. The number of rotatable bonds is 5. The molecule has 3 aromatic rings. The molecule has 140 valence electrons. The average molecular weight is 374 g/mol. The number of ether oxygens (including phenoxy) is 1. The third-order valence-electron chi connectivity index (χ3n) is 4.48. The Morgan fingerprint density at radius 2 is 1.75 bits per heavy atom. The molecule has 5 heteroatoms. The third kappa shape index (κ3) is 3.86. The molecule has 0 atom stereocenters. The second-order valence-corrected chi connectivity index (χ2v) is 6.33. The molecule has 4 nitrogen and oxygen atoms in total. The van der Waals surface area contributed by atoms with Crippen LogP contribution in [0.4, 0.5) is 4.39 Å². The lowest BCUT2D eigenvalue weighted by atomic mass is 9.95. The quantitative estimate of drug-likeness (QED) is 0.653. The molecule has 3 aromatic carbocycles. The molecule has 0 fully saturated rings. The number of nitriles is 1. The molecule has 0 aromatic heterocycles. The van der Waals surface area contributed by atoms with Gasteiger partial charge in [0.25, 0.3) is 5.91 Å². The summed E-state index contributed by atoms with van der Waals surface area (Å²) in [5.74, 6) is -0.514. The SMILES string of the molecule is COc1ccc(CN(C)C(=O)c2ccccc2-c2ccccc2C#N)cc1F. The maximum atomic E-state index is 13.9. The summed E-state index contributed by atoms with van der Waals surface area (Å²) in [7, 11) is 3.07. The average Bonchev–Trinajstić information content (AvgIpc) is 2.73. The first-order valence-corrected chi connectivity index (χ1v) is 8.71. The zero-order valence-corrected chi connectivity index (χ0v) is 15.6. The van der Waals surface area contributed by atoms with Gasteiger partial charge in [0.15, 0.2) is 11.6 Å². The van der Waals surface area contributed by atoms with E-state index in [4.69, 9.17) is 4.74 Å². The zero-order chi connectivity index (χ0) is 20.1. The topological polar surface area (TPSA) is 53.3 Å². The van der Waals surface area contributed by atoms with E-state index in [9.17, 15) is 14.4 Å². The van der Waals surface area contributed by atoms with Crippen LogP contribution >= 0.6 is 0 Å². The molecule has 0 saturated heterocycles. The van der Waals surface area contributed by atoms with Gasteiger partial charge in [0.2, 0.25) is 0 Å². The number of halogens is 1. The summed E-state index contributed by atoms with van der Waals surface area (Å²) in [4.78, 5) is 14.6. The maximum Gasteiger partial charge on any atom is 0.254 e. The lowest BCUT2D eigenvalue weighted by molar-refractivity contribution is 0.0785. The van der Waals surface area contributed by atoms with Crippen LogP contribution in [0.3, 0.4) is 0 Å². The van der Waals surface area contributed by atoms with E-state index in [2.05, 4.69) is 6.07 Å². The fourth-order valence-electron chi connectivity index (χ4n) is 3.08. The highest BCUT2D eigenvalue weighted by atomic mass is 19.1. The molecule has 0 aliphatic carbocycles. The number of amides is 1. The van der Waals surface area contributed by atoms with E-state index in [1.54, 1.807) is 43.4 Å². The fraction of sp³-hybridized carbons (Fsp3) is 0.130. The van der Waals surface area contributed by atoms with Crippen LogP contribution in [0.15, 0.2) is 66.7 Å². The standard InChI is InChI=1S/C23H19FN2O2/c1-26(15-16-11-12-22(28-2)21(24)13-16)23(27)20-10-6-5-9-19(20)18-8-4-3-7-17(18)14-25/h3-13H,15H2,1-2H3. The maximum absolute atomic E-state index is 13.9. The molecule has 0 unspecified atom stereocenters. The van der Waals surface area contributed by atoms with Gasteiger partial charge in [-0.15, -0.1) is 0 Å². The van der Waals surface area contributed by atoms with E-state index >= 15 is 0 Å². The van der Waals surface area contributed by atoms with Crippen molar-refractivity contribution < 1.29 is 13.9 Å². The Kier molecular flexibility index (Phi) is 5.71. The summed E-state index contributed by atoms with van der Waals surface area (Å²) < 4.78 is 18.9. The smallest absolute Gasteiger partial charge is 0.254 e. The summed E-state index contributed by atoms with van der Waals surface area (Å²) >= 11 is 0. The Hall–Kier alpha value is -3.65. The summed E-state index contributed by atoms with van der Waals surface area (Å²) in [5.41, 5.74) is 3.05. The summed E-state index contributed by atoms with van der Waals surface area (Å²) in [5, 5.41) is 9.39. The van der Waals surface area contributed by atoms with Gasteiger partial charge in [-0.1, -0.05) is 42.5 Å². The van der Waals surface area contributed by atoms with Gasteiger partial charge in [-0.05, 0) is 35.4 Å². The van der Waals surface area contributed by atoms with Gasteiger partial charge < -0.3 is 9.64 Å². The summed E-state index contributed by atoms with van der Waals surface area (Å²) in [6.45, 7) is 0.244. The number of methoxy groups -OCH3 is 1. The lowest BCUT2D eigenvalue weighted by Gasteiger charge is -2.20. The number of benzene rings is 3. The second kappa shape index (κ2) is 8.36. The zero-order valence-electron chi connectivity index (χ0n) is 15.6. The van der Waals surface area contributed by atoms with Crippen LogP contribution in [0, 0.1) is 17.1 Å². The Balaban J connectivity index is 1.91. The minimum Gasteiger partial charge on any atom is -0.494 e. The number of carbonyl (C=O) groups excluding carboxylic acids is 1. The van der Waals surface area contributed by atoms with E-state index in [0.717, 1.165) is 0 Å².